The summed E-state index contributed by atoms with van der Waals surface area (Å²) in [6.07, 6.45) is 6.60. The molecule has 1 atom stereocenters. The van der Waals surface area contributed by atoms with Gasteiger partial charge in [-0.1, -0.05) is 6.07 Å². The molecule has 0 saturated carbocycles. The molecule has 0 aromatic carbocycles. The molecule has 2 aromatic heterocycles. The molecule has 0 spiro atoms. The molecule has 0 radical (unpaired) electrons. The maximum absolute atomic E-state index is 12.3. The van der Waals surface area contributed by atoms with Gasteiger partial charge in [0.2, 0.25) is 5.91 Å². The summed E-state index contributed by atoms with van der Waals surface area (Å²) in [5, 5.41) is 0. The third kappa shape index (κ3) is 3.24. The van der Waals surface area contributed by atoms with Crippen LogP contribution in [0, 0.1) is 6.92 Å². The van der Waals surface area contributed by atoms with E-state index in [1.54, 1.807) is 18.6 Å². The number of rotatable bonds is 3. The first-order valence-corrected chi connectivity index (χ1v) is 7.18. The van der Waals surface area contributed by atoms with E-state index in [1.807, 2.05) is 30.0 Å². The Hall–Kier alpha value is -2.30. The summed E-state index contributed by atoms with van der Waals surface area (Å²) in [5.74, 6) is 1.26. The number of likely N-dealkylation sites (tertiary alicyclic amines) is 1. The van der Waals surface area contributed by atoms with Gasteiger partial charge in [-0.15, -0.1) is 0 Å². The molecule has 5 heteroatoms. The topological polar surface area (TPSA) is 59.0 Å². The van der Waals surface area contributed by atoms with Crippen molar-refractivity contribution in [3.63, 3.8) is 0 Å². The third-order valence-electron chi connectivity index (χ3n) is 3.80. The molecule has 0 aliphatic carbocycles. The molecule has 1 aliphatic rings. The van der Waals surface area contributed by atoms with Crippen LogP contribution >= 0.6 is 0 Å². The molecule has 5 nitrogen and oxygen atoms in total. The van der Waals surface area contributed by atoms with Crippen LogP contribution in [0.25, 0.3) is 0 Å². The van der Waals surface area contributed by atoms with Crippen LogP contribution in [0.2, 0.25) is 0 Å². The second-order valence-electron chi connectivity index (χ2n) is 5.42. The first kappa shape index (κ1) is 13.7. The molecule has 3 heterocycles. The average molecular weight is 282 g/mol. The summed E-state index contributed by atoms with van der Waals surface area (Å²) in [4.78, 5) is 27.1. The van der Waals surface area contributed by atoms with E-state index >= 15 is 0 Å². The summed E-state index contributed by atoms with van der Waals surface area (Å²) in [6.45, 7) is 3.45. The first-order chi connectivity index (χ1) is 10.2. The summed E-state index contributed by atoms with van der Waals surface area (Å²) in [6, 6.07) is 5.68. The smallest absolute Gasteiger partial charge is 0.227 e. The second-order valence-corrected chi connectivity index (χ2v) is 5.42. The lowest BCUT2D eigenvalue weighted by Gasteiger charge is -2.16. The number of aromatic nitrogens is 3. The predicted molar refractivity (Wildman–Crippen MR) is 78.6 cm³/mol. The van der Waals surface area contributed by atoms with Crippen molar-refractivity contribution in [3.8, 4) is 0 Å². The zero-order valence-electron chi connectivity index (χ0n) is 12.1. The highest BCUT2D eigenvalue weighted by atomic mass is 16.2. The van der Waals surface area contributed by atoms with Gasteiger partial charge in [-0.05, 0) is 31.0 Å². The molecule has 0 unspecified atom stereocenters. The van der Waals surface area contributed by atoms with E-state index in [-0.39, 0.29) is 11.8 Å². The number of nitrogens with zero attached hydrogens (tertiary/aromatic N) is 4. The van der Waals surface area contributed by atoms with E-state index in [0.29, 0.717) is 13.0 Å². The van der Waals surface area contributed by atoms with Gasteiger partial charge >= 0.3 is 0 Å². The fourth-order valence-corrected chi connectivity index (χ4v) is 2.65. The maximum Gasteiger partial charge on any atom is 0.227 e. The minimum Gasteiger partial charge on any atom is -0.342 e. The predicted octanol–water partition coefficient (Wildman–Crippen LogP) is 1.74. The third-order valence-corrected chi connectivity index (χ3v) is 3.80. The molecule has 1 fully saturated rings. The second kappa shape index (κ2) is 5.99. The number of pyridine rings is 1. The zero-order valence-corrected chi connectivity index (χ0v) is 12.1. The highest BCUT2D eigenvalue weighted by Gasteiger charge is 2.28. The van der Waals surface area contributed by atoms with E-state index < -0.39 is 0 Å². The minimum absolute atomic E-state index is 0.151. The number of carbonyl (C=O) groups is 1. The molecular formula is C16H18N4O. The van der Waals surface area contributed by atoms with Crippen molar-refractivity contribution in [1.82, 2.24) is 19.9 Å². The Kier molecular flexibility index (Phi) is 3.90. The van der Waals surface area contributed by atoms with Crippen molar-refractivity contribution in [2.75, 3.05) is 13.1 Å². The van der Waals surface area contributed by atoms with Gasteiger partial charge in [0.25, 0.3) is 0 Å². The van der Waals surface area contributed by atoms with Gasteiger partial charge < -0.3 is 4.90 Å². The van der Waals surface area contributed by atoms with Crippen LogP contribution in [0.3, 0.4) is 0 Å². The van der Waals surface area contributed by atoms with Crippen molar-refractivity contribution in [2.45, 2.75) is 25.7 Å². The minimum atomic E-state index is 0.151. The van der Waals surface area contributed by atoms with E-state index in [4.69, 9.17) is 0 Å². The highest BCUT2D eigenvalue weighted by Crippen LogP contribution is 2.25. The molecule has 1 amide bonds. The lowest BCUT2D eigenvalue weighted by molar-refractivity contribution is -0.129. The van der Waals surface area contributed by atoms with Gasteiger partial charge in [0, 0.05) is 43.3 Å². The summed E-state index contributed by atoms with van der Waals surface area (Å²) in [7, 11) is 0. The Morgan fingerprint density at radius 3 is 3.05 bits per heavy atom. The molecule has 2 aromatic rings. The molecule has 3 rings (SSSR count). The van der Waals surface area contributed by atoms with Gasteiger partial charge in [0.15, 0.2) is 0 Å². The van der Waals surface area contributed by atoms with Crippen molar-refractivity contribution in [3.05, 3.63) is 53.9 Å². The first-order valence-electron chi connectivity index (χ1n) is 7.18. The van der Waals surface area contributed by atoms with Crippen LogP contribution in [-0.2, 0) is 11.2 Å². The Morgan fingerprint density at radius 1 is 1.38 bits per heavy atom. The molecule has 108 valence electrons. The number of amides is 1. The van der Waals surface area contributed by atoms with Crippen LogP contribution in [0.5, 0.6) is 0 Å². The van der Waals surface area contributed by atoms with Gasteiger partial charge in [0.1, 0.15) is 5.82 Å². The standard InChI is InChI=1S/C16H18N4O/c1-12-4-7-18-16(19-12)14-5-8-20(11-14)15(21)9-13-3-2-6-17-10-13/h2-4,6-7,10,14H,5,8-9,11H2,1H3/t14-/m0/s1. The number of carbonyl (C=O) groups excluding carboxylic acids is 1. The number of hydrogen-bond acceptors (Lipinski definition) is 4. The lowest BCUT2D eigenvalue weighted by Crippen LogP contribution is -2.30. The van der Waals surface area contributed by atoms with Gasteiger partial charge in [0.05, 0.1) is 6.42 Å². The number of hydrogen-bond donors (Lipinski definition) is 0. The molecule has 0 bridgehead atoms. The van der Waals surface area contributed by atoms with Crippen LogP contribution in [0.1, 0.15) is 29.4 Å². The Balaban J connectivity index is 1.63. The summed E-state index contributed by atoms with van der Waals surface area (Å²) in [5.41, 5.74) is 1.93. The number of aryl methyl sites for hydroxylation is 1. The lowest BCUT2D eigenvalue weighted by atomic mass is 10.1. The molecular weight excluding hydrogens is 264 g/mol. The Labute approximate surface area is 124 Å². The highest BCUT2D eigenvalue weighted by molar-refractivity contribution is 5.79. The molecule has 1 saturated heterocycles. The molecule has 0 N–H and O–H groups in total. The molecule has 21 heavy (non-hydrogen) atoms. The Morgan fingerprint density at radius 2 is 2.29 bits per heavy atom. The summed E-state index contributed by atoms with van der Waals surface area (Å²) < 4.78 is 0. The van der Waals surface area contributed by atoms with Gasteiger partial charge in [-0.2, -0.15) is 0 Å². The fourth-order valence-electron chi connectivity index (χ4n) is 2.65. The fraction of sp³-hybridized carbons (Fsp3) is 0.375. The normalized spacial score (nSPS) is 18.0. The van der Waals surface area contributed by atoms with Crippen LogP contribution in [-0.4, -0.2) is 38.8 Å². The van der Waals surface area contributed by atoms with E-state index in [1.165, 1.54) is 0 Å². The van der Waals surface area contributed by atoms with Gasteiger partial charge in [-0.3, -0.25) is 9.78 Å². The van der Waals surface area contributed by atoms with Crippen molar-refractivity contribution in [2.24, 2.45) is 0 Å². The quantitative estimate of drug-likeness (QED) is 0.860. The van der Waals surface area contributed by atoms with E-state index in [0.717, 1.165) is 30.0 Å². The SMILES string of the molecule is Cc1ccnc([C@H]2CCN(C(=O)Cc3cccnc3)C2)n1. The largest absolute Gasteiger partial charge is 0.342 e. The van der Waals surface area contributed by atoms with Crippen molar-refractivity contribution >= 4 is 5.91 Å². The molecule has 1 aliphatic heterocycles. The summed E-state index contributed by atoms with van der Waals surface area (Å²) >= 11 is 0. The van der Waals surface area contributed by atoms with Crippen molar-refractivity contribution in [1.29, 1.82) is 0 Å². The van der Waals surface area contributed by atoms with Crippen LogP contribution < -0.4 is 0 Å². The van der Waals surface area contributed by atoms with Crippen molar-refractivity contribution < 1.29 is 4.79 Å². The van der Waals surface area contributed by atoms with Crippen LogP contribution in [0.15, 0.2) is 36.8 Å². The maximum atomic E-state index is 12.3. The van der Waals surface area contributed by atoms with E-state index in [2.05, 4.69) is 15.0 Å². The van der Waals surface area contributed by atoms with Crippen LogP contribution in [0.4, 0.5) is 0 Å². The van der Waals surface area contributed by atoms with Gasteiger partial charge in [-0.25, -0.2) is 9.97 Å². The Bertz CT molecular complexity index is 629. The monoisotopic (exact) mass is 282 g/mol. The average Bonchev–Trinajstić information content (AvgIpc) is 2.98. The van der Waals surface area contributed by atoms with E-state index in [9.17, 15) is 4.79 Å². The zero-order chi connectivity index (χ0) is 14.7.